The minimum Gasteiger partial charge on any atom is -0.314 e. The molecule has 0 spiro atoms. The molecule has 0 aromatic rings. The second-order valence-electron chi connectivity index (χ2n) is 4.92. The number of hydrogen-bond acceptors (Lipinski definition) is 3. The van der Waals surface area contributed by atoms with Crippen LogP contribution in [-0.4, -0.2) is 32.5 Å². The Hall–Kier alpha value is -0.0900. The predicted octanol–water partition coefficient (Wildman–Crippen LogP) is 1.98. The fraction of sp³-hybridized carbons (Fsp3) is 1.00. The second-order valence-corrected chi connectivity index (χ2v) is 7.15. The third-order valence-electron chi connectivity index (χ3n) is 3.42. The molecule has 2 unspecified atom stereocenters. The highest BCUT2D eigenvalue weighted by molar-refractivity contribution is 7.91. The fourth-order valence-corrected chi connectivity index (χ4v) is 4.13. The SMILES string of the molecule is CCCCC(CC)NCC1CCS(=O)(=O)C1. The summed E-state index contributed by atoms with van der Waals surface area (Å²) in [5, 5.41) is 3.52. The Labute approximate surface area is 99.9 Å². The molecule has 2 atom stereocenters. The van der Waals surface area contributed by atoms with Gasteiger partial charge in [-0.15, -0.1) is 0 Å². The average Bonchev–Trinajstić information content (AvgIpc) is 2.59. The van der Waals surface area contributed by atoms with Crippen LogP contribution in [-0.2, 0) is 9.84 Å². The maximum Gasteiger partial charge on any atom is 0.150 e. The van der Waals surface area contributed by atoms with Crippen LogP contribution in [0.3, 0.4) is 0 Å². The molecule has 1 aliphatic rings. The van der Waals surface area contributed by atoms with Gasteiger partial charge in [0.2, 0.25) is 0 Å². The highest BCUT2D eigenvalue weighted by Gasteiger charge is 2.27. The minimum atomic E-state index is -2.71. The quantitative estimate of drug-likeness (QED) is 0.748. The van der Waals surface area contributed by atoms with Gasteiger partial charge < -0.3 is 5.32 Å². The van der Waals surface area contributed by atoms with Crippen LogP contribution in [0.15, 0.2) is 0 Å². The minimum absolute atomic E-state index is 0.348. The van der Waals surface area contributed by atoms with Crippen LogP contribution in [0.5, 0.6) is 0 Å². The van der Waals surface area contributed by atoms with Crippen molar-refractivity contribution in [3.8, 4) is 0 Å². The Balaban J connectivity index is 2.23. The first-order valence-electron chi connectivity index (χ1n) is 6.51. The Morgan fingerprint density at radius 3 is 2.62 bits per heavy atom. The smallest absolute Gasteiger partial charge is 0.150 e. The third kappa shape index (κ3) is 4.83. The van der Waals surface area contributed by atoms with E-state index in [-0.39, 0.29) is 0 Å². The van der Waals surface area contributed by atoms with E-state index in [0.717, 1.165) is 19.4 Å². The molecule has 4 heteroatoms. The summed E-state index contributed by atoms with van der Waals surface area (Å²) in [6.07, 6.45) is 5.69. The van der Waals surface area contributed by atoms with Gasteiger partial charge in [0.1, 0.15) is 0 Å². The van der Waals surface area contributed by atoms with E-state index in [1.165, 1.54) is 19.3 Å². The van der Waals surface area contributed by atoms with Crippen molar-refractivity contribution in [1.82, 2.24) is 5.32 Å². The summed E-state index contributed by atoms with van der Waals surface area (Å²) in [6, 6.07) is 0.572. The molecule has 0 aliphatic carbocycles. The molecule has 1 N–H and O–H groups in total. The average molecular weight is 247 g/mol. The molecule has 96 valence electrons. The van der Waals surface area contributed by atoms with Crippen LogP contribution in [0, 0.1) is 5.92 Å². The van der Waals surface area contributed by atoms with Gasteiger partial charge in [-0.25, -0.2) is 8.42 Å². The summed E-state index contributed by atoms with van der Waals surface area (Å²) in [5.74, 6) is 1.13. The predicted molar refractivity (Wildman–Crippen MR) is 68.4 cm³/mol. The van der Waals surface area contributed by atoms with Crippen LogP contribution < -0.4 is 5.32 Å². The van der Waals surface area contributed by atoms with Crippen molar-refractivity contribution in [2.75, 3.05) is 18.1 Å². The van der Waals surface area contributed by atoms with Gasteiger partial charge in [0.15, 0.2) is 9.84 Å². The highest BCUT2D eigenvalue weighted by atomic mass is 32.2. The molecule has 0 radical (unpaired) electrons. The van der Waals surface area contributed by atoms with Gasteiger partial charge >= 0.3 is 0 Å². The molecular weight excluding hydrogens is 222 g/mol. The van der Waals surface area contributed by atoms with E-state index in [1.54, 1.807) is 0 Å². The van der Waals surface area contributed by atoms with Crippen molar-refractivity contribution >= 4 is 9.84 Å². The maximum atomic E-state index is 11.3. The summed E-state index contributed by atoms with van der Waals surface area (Å²) in [7, 11) is -2.71. The molecule has 0 aromatic carbocycles. The molecule has 1 fully saturated rings. The monoisotopic (exact) mass is 247 g/mol. The van der Waals surface area contributed by atoms with Gasteiger partial charge in [-0.2, -0.15) is 0 Å². The summed E-state index contributed by atoms with van der Waals surface area (Å²) in [5.41, 5.74) is 0. The summed E-state index contributed by atoms with van der Waals surface area (Å²) in [4.78, 5) is 0. The molecule has 16 heavy (non-hydrogen) atoms. The molecule has 1 saturated heterocycles. The van der Waals surface area contributed by atoms with Crippen LogP contribution in [0.25, 0.3) is 0 Å². The van der Waals surface area contributed by atoms with Crippen molar-refractivity contribution in [3.63, 3.8) is 0 Å². The summed E-state index contributed by atoms with van der Waals surface area (Å²) >= 11 is 0. The van der Waals surface area contributed by atoms with E-state index in [9.17, 15) is 8.42 Å². The van der Waals surface area contributed by atoms with E-state index in [4.69, 9.17) is 0 Å². The first-order chi connectivity index (χ1) is 7.57. The molecule has 0 bridgehead atoms. The van der Waals surface area contributed by atoms with Crippen LogP contribution in [0.1, 0.15) is 46.0 Å². The van der Waals surface area contributed by atoms with Crippen molar-refractivity contribution in [2.24, 2.45) is 5.92 Å². The number of unbranched alkanes of at least 4 members (excludes halogenated alkanes) is 1. The van der Waals surface area contributed by atoms with E-state index < -0.39 is 9.84 Å². The van der Waals surface area contributed by atoms with Gasteiger partial charge in [-0.3, -0.25) is 0 Å². The molecule has 1 aliphatic heterocycles. The largest absolute Gasteiger partial charge is 0.314 e. The molecule has 0 amide bonds. The second kappa shape index (κ2) is 6.60. The lowest BCUT2D eigenvalue weighted by Gasteiger charge is -2.18. The van der Waals surface area contributed by atoms with E-state index in [1.807, 2.05) is 0 Å². The van der Waals surface area contributed by atoms with Gasteiger partial charge in [-0.05, 0) is 31.7 Å². The molecule has 3 nitrogen and oxygen atoms in total. The van der Waals surface area contributed by atoms with Gasteiger partial charge in [0, 0.05) is 6.04 Å². The van der Waals surface area contributed by atoms with E-state index in [2.05, 4.69) is 19.2 Å². The van der Waals surface area contributed by atoms with Crippen LogP contribution in [0.4, 0.5) is 0 Å². The van der Waals surface area contributed by atoms with Crippen LogP contribution in [0.2, 0.25) is 0 Å². The zero-order valence-electron chi connectivity index (χ0n) is 10.5. The van der Waals surface area contributed by atoms with Crippen molar-refractivity contribution in [1.29, 1.82) is 0 Å². The summed E-state index contributed by atoms with van der Waals surface area (Å²) < 4.78 is 22.6. The lowest BCUT2D eigenvalue weighted by molar-refractivity contribution is 0.412. The zero-order chi connectivity index (χ0) is 12.0. The Morgan fingerprint density at radius 1 is 1.38 bits per heavy atom. The van der Waals surface area contributed by atoms with Crippen molar-refractivity contribution < 1.29 is 8.42 Å². The Bertz CT molecular complexity index is 287. The topological polar surface area (TPSA) is 46.2 Å². The standard InChI is InChI=1S/C12H25NO2S/c1-3-5-6-12(4-2)13-9-11-7-8-16(14,15)10-11/h11-13H,3-10H2,1-2H3. The van der Waals surface area contributed by atoms with E-state index >= 15 is 0 Å². The Kier molecular flexibility index (Phi) is 5.76. The number of hydrogen-bond donors (Lipinski definition) is 1. The molecule has 1 heterocycles. The Morgan fingerprint density at radius 2 is 2.12 bits per heavy atom. The normalized spacial score (nSPS) is 25.8. The lowest BCUT2D eigenvalue weighted by Crippen LogP contribution is -2.33. The highest BCUT2D eigenvalue weighted by Crippen LogP contribution is 2.18. The third-order valence-corrected chi connectivity index (χ3v) is 5.26. The van der Waals surface area contributed by atoms with Crippen LogP contribution >= 0.6 is 0 Å². The first kappa shape index (κ1) is 14.0. The van der Waals surface area contributed by atoms with Gasteiger partial charge in [0.25, 0.3) is 0 Å². The van der Waals surface area contributed by atoms with Crippen molar-refractivity contribution in [2.45, 2.75) is 52.0 Å². The number of nitrogens with one attached hydrogen (secondary N) is 1. The first-order valence-corrected chi connectivity index (χ1v) is 8.33. The zero-order valence-corrected chi connectivity index (χ0v) is 11.4. The maximum absolute atomic E-state index is 11.3. The van der Waals surface area contributed by atoms with Gasteiger partial charge in [0.05, 0.1) is 11.5 Å². The molecule has 0 saturated carbocycles. The number of rotatable bonds is 7. The van der Waals surface area contributed by atoms with Gasteiger partial charge in [-0.1, -0.05) is 26.7 Å². The fourth-order valence-electron chi connectivity index (χ4n) is 2.27. The summed E-state index contributed by atoms with van der Waals surface area (Å²) in [6.45, 7) is 5.27. The van der Waals surface area contributed by atoms with Crippen molar-refractivity contribution in [3.05, 3.63) is 0 Å². The molecular formula is C12H25NO2S. The molecule has 1 rings (SSSR count). The number of sulfone groups is 1. The lowest BCUT2D eigenvalue weighted by atomic mass is 10.1. The van der Waals surface area contributed by atoms with E-state index in [0.29, 0.717) is 23.5 Å². The molecule has 0 aromatic heterocycles.